The lowest BCUT2D eigenvalue weighted by Gasteiger charge is -2.27. The van der Waals surface area contributed by atoms with E-state index >= 15 is 0 Å². The summed E-state index contributed by atoms with van der Waals surface area (Å²) in [6, 6.07) is 17.5. The molecule has 3 rings (SSSR count). The number of hydrogen-bond acceptors (Lipinski definition) is 2. The van der Waals surface area contributed by atoms with Crippen LogP contribution in [-0.2, 0) is 9.59 Å². The average Bonchev–Trinajstić information content (AvgIpc) is 2.69. The number of rotatable bonds is 2. The first-order valence-electron chi connectivity index (χ1n) is 6.20. The second-order valence-corrected chi connectivity index (χ2v) is 5.81. The zero-order valence-corrected chi connectivity index (χ0v) is 12.3. The minimum Gasteiger partial charge on any atom is -0.268 e. The number of anilines is 2. The molecule has 0 unspecified atom stereocenters. The van der Waals surface area contributed by atoms with E-state index in [9.17, 15) is 9.59 Å². The van der Waals surface area contributed by atoms with Gasteiger partial charge >= 0.3 is 0 Å². The molecule has 2 aromatic carbocycles. The SMILES string of the molecule is O=C1N(c2ccccc2)N(c2ccccc2)C(=O)C1(Cl)Cl. The molecule has 0 aromatic heterocycles. The van der Waals surface area contributed by atoms with Crippen LogP contribution in [0.2, 0.25) is 0 Å². The Labute approximate surface area is 131 Å². The molecule has 2 aromatic rings. The van der Waals surface area contributed by atoms with Crippen molar-refractivity contribution >= 4 is 46.4 Å². The van der Waals surface area contributed by atoms with Gasteiger partial charge in [-0.3, -0.25) is 9.59 Å². The van der Waals surface area contributed by atoms with Crippen LogP contribution in [0.3, 0.4) is 0 Å². The lowest BCUT2D eigenvalue weighted by atomic mass is 10.3. The third-order valence-corrected chi connectivity index (χ3v) is 3.77. The average molecular weight is 321 g/mol. The van der Waals surface area contributed by atoms with Crippen LogP contribution in [0.25, 0.3) is 0 Å². The second-order valence-electron chi connectivity index (χ2n) is 4.48. The van der Waals surface area contributed by atoms with E-state index in [4.69, 9.17) is 23.2 Å². The standard InChI is InChI=1S/C15H10Cl2N2O2/c16-15(17)13(20)18(11-7-3-1-4-8-11)19(14(15)21)12-9-5-2-6-10-12/h1-10H. The summed E-state index contributed by atoms with van der Waals surface area (Å²) in [4.78, 5) is 24.8. The van der Waals surface area contributed by atoms with E-state index in [2.05, 4.69) is 0 Å². The molecule has 106 valence electrons. The molecule has 2 amide bonds. The highest BCUT2D eigenvalue weighted by Gasteiger charge is 2.58. The number of halogens is 2. The highest BCUT2D eigenvalue weighted by Crippen LogP contribution is 2.39. The number of carbonyl (C=O) groups is 2. The summed E-state index contributed by atoms with van der Waals surface area (Å²) in [6.07, 6.45) is 0. The molecule has 21 heavy (non-hydrogen) atoms. The molecule has 0 N–H and O–H groups in total. The van der Waals surface area contributed by atoms with Gasteiger partial charge in [-0.15, -0.1) is 0 Å². The Morgan fingerprint density at radius 3 is 1.33 bits per heavy atom. The predicted octanol–water partition coefficient (Wildman–Crippen LogP) is 3.16. The molecule has 0 bridgehead atoms. The third kappa shape index (κ3) is 2.17. The molecule has 0 saturated carbocycles. The molecule has 0 spiro atoms. The predicted molar refractivity (Wildman–Crippen MR) is 82.3 cm³/mol. The molecule has 0 aliphatic carbocycles. The van der Waals surface area contributed by atoms with Crippen molar-refractivity contribution < 1.29 is 9.59 Å². The lowest BCUT2D eigenvalue weighted by molar-refractivity contribution is -0.122. The zero-order valence-electron chi connectivity index (χ0n) is 10.7. The smallest absolute Gasteiger partial charge is 0.268 e. The van der Waals surface area contributed by atoms with Crippen LogP contribution in [0.5, 0.6) is 0 Å². The fourth-order valence-electron chi connectivity index (χ4n) is 2.14. The molecule has 1 aliphatic heterocycles. The molecule has 1 saturated heterocycles. The van der Waals surface area contributed by atoms with Crippen LogP contribution in [0.4, 0.5) is 11.4 Å². The fourth-order valence-corrected chi connectivity index (χ4v) is 2.46. The van der Waals surface area contributed by atoms with Crippen LogP contribution in [0.1, 0.15) is 0 Å². The minimum absolute atomic E-state index is 0.517. The van der Waals surface area contributed by atoms with Crippen molar-refractivity contribution in [2.75, 3.05) is 10.0 Å². The van der Waals surface area contributed by atoms with Gasteiger partial charge in [0, 0.05) is 0 Å². The first-order valence-corrected chi connectivity index (χ1v) is 6.96. The molecule has 1 heterocycles. The minimum atomic E-state index is -2.12. The van der Waals surface area contributed by atoms with Gasteiger partial charge in [0.15, 0.2) is 0 Å². The Hall–Kier alpha value is -2.04. The summed E-state index contributed by atoms with van der Waals surface area (Å²) in [7, 11) is 0. The largest absolute Gasteiger partial charge is 0.292 e. The first-order chi connectivity index (χ1) is 10.0. The highest BCUT2D eigenvalue weighted by atomic mass is 35.5. The Morgan fingerprint density at radius 1 is 0.667 bits per heavy atom. The molecule has 0 radical (unpaired) electrons. The van der Waals surface area contributed by atoms with Gasteiger partial charge in [-0.2, -0.15) is 0 Å². The van der Waals surface area contributed by atoms with Crippen LogP contribution in [0, 0.1) is 0 Å². The fraction of sp³-hybridized carbons (Fsp3) is 0.0667. The Bertz CT molecular complexity index is 630. The van der Waals surface area contributed by atoms with Crippen LogP contribution < -0.4 is 10.0 Å². The lowest BCUT2D eigenvalue weighted by Crippen LogP contribution is -2.41. The molecule has 1 aliphatic rings. The summed E-state index contributed by atoms with van der Waals surface area (Å²) in [6.45, 7) is 0. The molecular weight excluding hydrogens is 311 g/mol. The van der Waals surface area contributed by atoms with Crippen molar-refractivity contribution in [1.82, 2.24) is 0 Å². The van der Waals surface area contributed by atoms with Gasteiger partial charge in [0.25, 0.3) is 16.1 Å². The van der Waals surface area contributed by atoms with Crippen molar-refractivity contribution in [3.63, 3.8) is 0 Å². The third-order valence-electron chi connectivity index (χ3n) is 3.12. The Kier molecular flexibility index (Phi) is 3.35. The van der Waals surface area contributed by atoms with E-state index in [-0.39, 0.29) is 0 Å². The van der Waals surface area contributed by atoms with E-state index in [0.717, 1.165) is 0 Å². The van der Waals surface area contributed by atoms with Crippen molar-refractivity contribution in [1.29, 1.82) is 0 Å². The molecule has 6 heteroatoms. The number of benzene rings is 2. The van der Waals surface area contributed by atoms with Crippen LogP contribution in [0.15, 0.2) is 60.7 Å². The number of amides is 2. The number of para-hydroxylation sites is 2. The van der Waals surface area contributed by atoms with Gasteiger partial charge < -0.3 is 0 Å². The van der Waals surface area contributed by atoms with Crippen molar-refractivity contribution in [3.8, 4) is 0 Å². The normalized spacial score (nSPS) is 17.4. The molecule has 4 nitrogen and oxygen atoms in total. The zero-order chi connectivity index (χ0) is 15.0. The molecular formula is C15H10Cl2N2O2. The Morgan fingerprint density at radius 2 is 1.00 bits per heavy atom. The van der Waals surface area contributed by atoms with Gasteiger partial charge in [-0.25, -0.2) is 10.0 Å². The quantitative estimate of drug-likeness (QED) is 0.630. The summed E-state index contributed by atoms with van der Waals surface area (Å²) in [5.74, 6) is -1.38. The maximum absolute atomic E-state index is 12.4. The van der Waals surface area contributed by atoms with Crippen LogP contribution >= 0.6 is 23.2 Å². The number of hydrazine groups is 1. The monoisotopic (exact) mass is 320 g/mol. The number of alkyl halides is 2. The number of nitrogens with zero attached hydrogens (tertiary/aromatic N) is 2. The number of hydrogen-bond donors (Lipinski definition) is 0. The van der Waals surface area contributed by atoms with Crippen molar-refractivity contribution in [2.24, 2.45) is 0 Å². The summed E-state index contributed by atoms with van der Waals surface area (Å²) >= 11 is 11.9. The van der Waals surface area contributed by atoms with Gasteiger partial charge in [0.05, 0.1) is 11.4 Å². The number of carbonyl (C=O) groups excluding carboxylic acids is 2. The molecule has 0 atom stereocenters. The van der Waals surface area contributed by atoms with E-state index < -0.39 is 16.1 Å². The highest BCUT2D eigenvalue weighted by molar-refractivity contribution is 6.71. The maximum atomic E-state index is 12.4. The van der Waals surface area contributed by atoms with Crippen molar-refractivity contribution in [3.05, 3.63) is 60.7 Å². The van der Waals surface area contributed by atoms with Gasteiger partial charge in [-0.1, -0.05) is 59.6 Å². The summed E-state index contributed by atoms with van der Waals surface area (Å²) in [5.41, 5.74) is 1.03. The van der Waals surface area contributed by atoms with Crippen LogP contribution in [-0.4, -0.2) is 16.1 Å². The summed E-state index contributed by atoms with van der Waals surface area (Å²) in [5, 5.41) is 2.38. The maximum Gasteiger partial charge on any atom is 0.292 e. The second kappa shape index (κ2) is 5.06. The van der Waals surface area contributed by atoms with E-state index in [1.54, 1.807) is 48.5 Å². The van der Waals surface area contributed by atoms with Gasteiger partial charge in [0.2, 0.25) is 0 Å². The van der Waals surface area contributed by atoms with Crippen molar-refractivity contribution in [2.45, 2.75) is 4.33 Å². The summed E-state index contributed by atoms with van der Waals surface area (Å²) < 4.78 is -2.12. The van der Waals surface area contributed by atoms with E-state index in [1.165, 1.54) is 10.0 Å². The first kappa shape index (κ1) is 13.9. The molecule has 1 fully saturated rings. The Balaban J connectivity index is 2.15. The van der Waals surface area contributed by atoms with E-state index in [0.29, 0.717) is 11.4 Å². The van der Waals surface area contributed by atoms with Gasteiger partial charge in [-0.05, 0) is 24.3 Å². The van der Waals surface area contributed by atoms with E-state index in [1.807, 2.05) is 12.1 Å². The topological polar surface area (TPSA) is 40.6 Å². The van der Waals surface area contributed by atoms with Gasteiger partial charge in [0.1, 0.15) is 0 Å².